The van der Waals surface area contributed by atoms with Gasteiger partial charge in [-0.15, -0.1) is 0 Å². The molecule has 126 valence electrons. The molecule has 0 amide bonds. The quantitative estimate of drug-likeness (QED) is 0.831. The van der Waals surface area contributed by atoms with Crippen LogP contribution in [0.15, 0.2) is 54.6 Å². The van der Waals surface area contributed by atoms with Crippen molar-refractivity contribution in [2.24, 2.45) is 0 Å². The summed E-state index contributed by atoms with van der Waals surface area (Å²) < 4.78 is 18.1. The van der Waals surface area contributed by atoms with Gasteiger partial charge in [-0.25, -0.2) is 0 Å². The first kappa shape index (κ1) is 16.1. The SMILES string of the molecule is N#Cc1ccc(C2=CC3CCC(C2)S3=O)cc1OCc1ccccc1. The van der Waals surface area contributed by atoms with E-state index in [1.54, 1.807) is 0 Å². The molecule has 0 aliphatic carbocycles. The van der Waals surface area contributed by atoms with Crippen LogP contribution in [0.4, 0.5) is 0 Å². The number of rotatable bonds is 4. The van der Waals surface area contributed by atoms with Crippen molar-refractivity contribution in [2.45, 2.75) is 36.4 Å². The van der Waals surface area contributed by atoms with Gasteiger partial charge in [0.05, 0.1) is 10.8 Å². The molecular formula is C21H19NO2S. The molecule has 0 radical (unpaired) electrons. The van der Waals surface area contributed by atoms with Crippen molar-refractivity contribution in [2.75, 3.05) is 0 Å². The summed E-state index contributed by atoms with van der Waals surface area (Å²) in [7, 11) is -0.713. The van der Waals surface area contributed by atoms with Gasteiger partial charge < -0.3 is 4.74 Å². The highest BCUT2D eigenvalue weighted by Crippen LogP contribution is 2.39. The molecule has 2 aliphatic rings. The van der Waals surface area contributed by atoms with Gasteiger partial charge in [-0.2, -0.15) is 5.26 Å². The highest BCUT2D eigenvalue weighted by atomic mass is 32.2. The van der Waals surface area contributed by atoms with E-state index >= 15 is 0 Å². The number of hydrogen-bond donors (Lipinski definition) is 0. The molecule has 0 aromatic heterocycles. The molecule has 25 heavy (non-hydrogen) atoms. The molecule has 0 spiro atoms. The Kier molecular flexibility index (Phi) is 4.42. The van der Waals surface area contributed by atoms with E-state index in [-0.39, 0.29) is 10.5 Å². The maximum atomic E-state index is 12.2. The topological polar surface area (TPSA) is 50.1 Å². The third-order valence-corrected chi connectivity index (χ3v) is 6.97. The number of hydrogen-bond acceptors (Lipinski definition) is 3. The second-order valence-electron chi connectivity index (χ2n) is 6.56. The van der Waals surface area contributed by atoms with Gasteiger partial charge in [-0.1, -0.05) is 42.5 Å². The summed E-state index contributed by atoms with van der Waals surface area (Å²) in [4.78, 5) is 0. The summed E-state index contributed by atoms with van der Waals surface area (Å²) in [6.45, 7) is 0.438. The second kappa shape index (κ2) is 6.85. The summed E-state index contributed by atoms with van der Waals surface area (Å²) >= 11 is 0. The first-order valence-corrected chi connectivity index (χ1v) is 9.83. The fourth-order valence-corrected chi connectivity index (χ4v) is 5.46. The van der Waals surface area contributed by atoms with E-state index in [9.17, 15) is 9.47 Å². The van der Waals surface area contributed by atoms with Gasteiger partial charge in [-0.3, -0.25) is 4.21 Å². The van der Waals surface area contributed by atoms with Crippen LogP contribution in [0.25, 0.3) is 5.57 Å². The molecular weight excluding hydrogens is 330 g/mol. The molecule has 4 heteroatoms. The monoisotopic (exact) mass is 349 g/mol. The van der Waals surface area contributed by atoms with E-state index in [4.69, 9.17) is 4.74 Å². The number of allylic oxidation sites excluding steroid dienone is 1. The van der Waals surface area contributed by atoms with E-state index < -0.39 is 10.8 Å². The average molecular weight is 349 g/mol. The van der Waals surface area contributed by atoms with Gasteiger partial charge in [0.2, 0.25) is 0 Å². The molecule has 1 fully saturated rings. The van der Waals surface area contributed by atoms with Gasteiger partial charge in [0.1, 0.15) is 18.4 Å². The molecule has 2 aromatic carbocycles. The van der Waals surface area contributed by atoms with E-state index in [0.717, 1.165) is 30.4 Å². The Bertz CT molecular complexity index is 883. The van der Waals surface area contributed by atoms with Crippen LogP contribution in [0.1, 0.15) is 36.0 Å². The van der Waals surface area contributed by atoms with Gasteiger partial charge in [0.25, 0.3) is 0 Å². The summed E-state index contributed by atoms with van der Waals surface area (Å²) in [5.74, 6) is 0.615. The summed E-state index contributed by atoms with van der Waals surface area (Å²) in [5.41, 5.74) is 3.93. The Morgan fingerprint density at radius 3 is 2.76 bits per heavy atom. The van der Waals surface area contributed by atoms with Crippen LogP contribution in [0, 0.1) is 11.3 Å². The molecule has 3 atom stereocenters. The molecule has 3 unspecified atom stereocenters. The van der Waals surface area contributed by atoms with Crippen molar-refractivity contribution in [3.8, 4) is 11.8 Å². The lowest BCUT2D eigenvalue weighted by Gasteiger charge is -2.20. The van der Waals surface area contributed by atoms with Crippen molar-refractivity contribution >= 4 is 16.4 Å². The van der Waals surface area contributed by atoms with Crippen molar-refractivity contribution in [3.63, 3.8) is 0 Å². The molecule has 0 saturated carbocycles. The second-order valence-corrected chi connectivity index (χ2v) is 8.49. The Hall–Kier alpha value is -2.38. The number of benzene rings is 2. The van der Waals surface area contributed by atoms with Crippen molar-refractivity contribution < 1.29 is 8.95 Å². The number of nitrogens with zero attached hydrogens (tertiary/aromatic N) is 1. The lowest BCUT2D eigenvalue weighted by atomic mass is 9.99. The summed E-state index contributed by atoms with van der Waals surface area (Å²) in [6.07, 6.45) is 5.09. The van der Waals surface area contributed by atoms with Crippen molar-refractivity contribution in [3.05, 3.63) is 71.3 Å². The zero-order chi connectivity index (χ0) is 17.2. The third kappa shape index (κ3) is 3.25. The minimum absolute atomic E-state index is 0.193. The Labute approximate surface area is 150 Å². The molecule has 2 bridgehead atoms. The zero-order valence-electron chi connectivity index (χ0n) is 13.9. The average Bonchev–Trinajstić information content (AvgIpc) is 2.87. The summed E-state index contributed by atoms with van der Waals surface area (Å²) in [5, 5.41) is 9.84. The Morgan fingerprint density at radius 1 is 1.16 bits per heavy atom. The van der Waals surface area contributed by atoms with Crippen LogP contribution in [0.5, 0.6) is 5.75 Å². The largest absolute Gasteiger partial charge is 0.488 e. The van der Waals surface area contributed by atoms with Crippen LogP contribution < -0.4 is 4.74 Å². The highest BCUT2D eigenvalue weighted by molar-refractivity contribution is 7.86. The van der Waals surface area contributed by atoms with E-state index in [2.05, 4.69) is 12.1 Å². The van der Waals surface area contributed by atoms with Gasteiger partial charge >= 0.3 is 0 Å². The highest BCUT2D eigenvalue weighted by Gasteiger charge is 2.36. The van der Waals surface area contributed by atoms with Crippen LogP contribution in [0.2, 0.25) is 0 Å². The standard InChI is InChI=1S/C21H19NO2S/c22-13-17-7-6-16(18-10-19-8-9-20(11-18)25(19)23)12-21(17)24-14-15-4-2-1-3-5-15/h1-7,10,12,19-20H,8-9,11,14H2. The Morgan fingerprint density at radius 2 is 2.00 bits per heavy atom. The van der Waals surface area contributed by atoms with Gasteiger partial charge in [0.15, 0.2) is 0 Å². The first-order valence-electron chi connectivity index (χ1n) is 8.56. The Balaban J connectivity index is 1.59. The maximum Gasteiger partial charge on any atom is 0.138 e. The van der Waals surface area contributed by atoms with Gasteiger partial charge in [0, 0.05) is 16.0 Å². The van der Waals surface area contributed by atoms with E-state index in [1.165, 1.54) is 5.57 Å². The lowest BCUT2D eigenvalue weighted by molar-refractivity contribution is 0.305. The van der Waals surface area contributed by atoms with E-state index in [0.29, 0.717) is 17.9 Å². The van der Waals surface area contributed by atoms with Crippen molar-refractivity contribution in [1.82, 2.24) is 0 Å². The van der Waals surface area contributed by atoms with Gasteiger partial charge in [-0.05, 0) is 48.1 Å². The molecule has 4 rings (SSSR count). The predicted octanol–water partition coefficient (Wildman–Crippen LogP) is 4.20. The normalized spacial score (nSPS) is 24.4. The zero-order valence-corrected chi connectivity index (χ0v) is 14.7. The lowest BCUT2D eigenvalue weighted by Crippen LogP contribution is -2.19. The minimum Gasteiger partial charge on any atom is -0.488 e. The van der Waals surface area contributed by atoms with Crippen LogP contribution in [-0.4, -0.2) is 14.7 Å². The molecule has 2 heterocycles. The number of fused-ring (bicyclic) bond motifs is 2. The summed E-state index contributed by atoms with van der Waals surface area (Å²) in [6, 6.07) is 17.9. The van der Waals surface area contributed by atoms with Crippen LogP contribution in [0.3, 0.4) is 0 Å². The third-order valence-electron chi connectivity index (χ3n) is 4.94. The van der Waals surface area contributed by atoms with Crippen LogP contribution in [-0.2, 0) is 17.4 Å². The molecule has 0 N–H and O–H groups in total. The van der Waals surface area contributed by atoms with Crippen molar-refractivity contribution in [1.29, 1.82) is 5.26 Å². The molecule has 2 aromatic rings. The maximum absolute atomic E-state index is 12.2. The number of nitriles is 1. The molecule has 2 aliphatic heterocycles. The smallest absolute Gasteiger partial charge is 0.138 e. The molecule has 1 saturated heterocycles. The number of ether oxygens (including phenoxy) is 1. The predicted molar refractivity (Wildman–Crippen MR) is 99.5 cm³/mol. The fraction of sp³-hybridized carbons (Fsp3) is 0.286. The van der Waals surface area contributed by atoms with Crippen LogP contribution >= 0.6 is 0 Å². The first-order chi connectivity index (χ1) is 12.2. The molecule has 3 nitrogen and oxygen atoms in total. The minimum atomic E-state index is -0.713. The van der Waals surface area contributed by atoms with E-state index in [1.807, 2.05) is 48.5 Å². The fourth-order valence-electron chi connectivity index (χ4n) is 3.59.